The number of aromatic nitrogens is 2. The van der Waals surface area contributed by atoms with Crippen LogP contribution in [0.4, 0.5) is 14.5 Å². The molecule has 1 aromatic heterocycles. The molecular formula is C21H15F2N3O. The van der Waals surface area contributed by atoms with E-state index in [4.69, 9.17) is 4.42 Å². The van der Waals surface area contributed by atoms with E-state index in [2.05, 4.69) is 15.5 Å². The summed E-state index contributed by atoms with van der Waals surface area (Å²) in [6, 6.07) is 20.8. The first kappa shape index (κ1) is 16.9. The van der Waals surface area contributed by atoms with Crippen LogP contribution in [0.3, 0.4) is 0 Å². The second-order valence-electron chi connectivity index (χ2n) is 5.95. The molecule has 1 atom stereocenters. The van der Waals surface area contributed by atoms with Crippen LogP contribution in [0.2, 0.25) is 0 Å². The molecule has 6 heteroatoms. The van der Waals surface area contributed by atoms with Crippen molar-refractivity contribution in [2.24, 2.45) is 0 Å². The van der Waals surface area contributed by atoms with Gasteiger partial charge in [-0.2, -0.15) is 0 Å². The minimum atomic E-state index is -0.513. The van der Waals surface area contributed by atoms with Crippen LogP contribution in [0.25, 0.3) is 11.5 Å². The van der Waals surface area contributed by atoms with E-state index in [0.717, 1.165) is 11.1 Å². The number of halogens is 2. The Hall–Kier alpha value is -3.54. The van der Waals surface area contributed by atoms with Gasteiger partial charge in [-0.25, -0.2) is 8.78 Å². The van der Waals surface area contributed by atoms with Crippen molar-refractivity contribution in [2.75, 3.05) is 5.32 Å². The second-order valence-corrected chi connectivity index (χ2v) is 5.95. The fourth-order valence-electron chi connectivity index (χ4n) is 2.70. The lowest BCUT2D eigenvalue weighted by Crippen LogP contribution is -2.13. The molecule has 0 radical (unpaired) electrons. The van der Waals surface area contributed by atoms with Crippen molar-refractivity contribution >= 4 is 5.69 Å². The Morgan fingerprint density at radius 2 is 1.37 bits per heavy atom. The predicted octanol–water partition coefficient (Wildman–Crippen LogP) is 5.22. The van der Waals surface area contributed by atoms with Gasteiger partial charge in [0.25, 0.3) is 0 Å². The average Bonchev–Trinajstić information content (AvgIpc) is 3.19. The highest BCUT2D eigenvalue weighted by Crippen LogP contribution is 2.28. The van der Waals surface area contributed by atoms with Crippen LogP contribution < -0.4 is 5.32 Å². The first-order valence-corrected chi connectivity index (χ1v) is 8.35. The van der Waals surface area contributed by atoms with Gasteiger partial charge in [-0.1, -0.05) is 30.3 Å². The van der Waals surface area contributed by atoms with Crippen LogP contribution in [0.1, 0.15) is 17.5 Å². The Kier molecular flexibility index (Phi) is 4.61. The highest BCUT2D eigenvalue weighted by molar-refractivity contribution is 5.52. The molecule has 0 spiro atoms. The van der Waals surface area contributed by atoms with Crippen molar-refractivity contribution in [2.45, 2.75) is 6.04 Å². The second kappa shape index (κ2) is 7.37. The summed E-state index contributed by atoms with van der Waals surface area (Å²) in [5.74, 6) is 0.0428. The number of anilines is 1. The molecular weight excluding hydrogens is 348 g/mol. The van der Waals surface area contributed by atoms with Crippen LogP contribution >= 0.6 is 0 Å². The van der Waals surface area contributed by atoms with Gasteiger partial charge in [-0.05, 0) is 54.1 Å². The van der Waals surface area contributed by atoms with Crippen molar-refractivity contribution in [3.8, 4) is 11.5 Å². The van der Waals surface area contributed by atoms with E-state index >= 15 is 0 Å². The first-order valence-electron chi connectivity index (χ1n) is 8.35. The normalized spacial score (nSPS) is 11.9. The molecule has 4 nitrogen and oxygen atoms in total. The number of nitrogens with one attached hydrogen (secondary N) is 1. The predicted molar refractivity (Wildman–Crippen MR) is 98.0 cm³/mol. The summed E-state index contributed by atoms with van der Waals surface area (Å²) in [6.07, 6.45) is 0. The Labute approximate surface area is 154 Å². The Balaban J connectivity index is 1.70. The van der Waals surface area contributed by atoms with Gasteiger partial charge in [0.15, 0.2) is 0 Å². The summed E-state index contributed by atoms with van der Waals surface area (Å²) in [6.45, 7) is 0. The Morgan fingerprint density at radius 3 is 2.04 bits per heavy atom. The average molecular weight is 363 g/mol. The third-order valence-corrected chi connectivity index (χ3v) is 4.07. The molecule has 4 aromatic rings. The summed E-state index contributed by atoms with van der Waals surface area (Å²) < 4.78 is 32.4. The lowest BCUT2D eigenvalue weighted by atomic mass is 10.1. The van der Waals surface area contributed by atoms with E-state index in [1.807, 2.05) is 30.3 Å². The molecule has 0 aliphatic heterocycles. The molecule has 0 bridgehead atoms. The standard InChI is InChI=1S/C21H15F2N3O/c22-16-8-6-14(7-9-16)19(24-18-12-10-17(23)11-13-18)21-26-25-20(27-21)15-4-2-1-3-5-15/h1-13,19,24H/t19-/m0/s1. The van der Waals surface area contributed by atoms with Crippen LogP contribution in [0.5, 0.6) is 0 Å². The van der Waals surface area contributed by atoms with Crippen LogP contribution in [-0.2, 0) is 0 Å². The number of hydrogen-bond acceptors (Lipinski definition) is 4. The summed E-state index contributed by atoms with van der Waals surface area (Å²) in [5, 5.41) is 11.5. The van der Waals surface area contributed by atoms with Gasteiger partial charge < -0.3 is 9.73 Å². The minimum Gasteiger partial charge on any atom is -0.418 e. The van der Waals surface area contributed by atoms with Gasteiger partial charge in [-0.3, -0.25) is 0 Å². The van der Waals surface area contributed by atoms with E-state index in [1.54, 1.807) is 24.3 Å². The zero-order chi connectivity index (χ0) is 18.6. The molecule has 0 unspecified atom stereocenters. The summed E-state index contributed by atoms with van der Waals surface area (Å²) in [7, 11) is 0. The fraction of sp³-hybridized carbons (Fsp3) is 0.0476. The third kappa shape index (κ3) is 3.84. The maximum Gasteiger partial charge on any atom is 0.247 e. The molecule has 27 heavy (non-hydrogen) atoms. The molecule has 0 saturated carbocycles. The van der Waals surface area contributed by atoms with E-state index in [-0.39, 0.29) is 11.6 Å². The lowest BCUT2D eigenvalue weighted by Gasteiger charge is -2.17. The molecule has 0 aliphatic rings. The van der Waals surface area contributed by atoms with Gasteiger partial charge >= 0.3 is 0 Å². The smallest absolute Gasteiger partial charge is 0.247 e. The molecule has 0 amide bonds. The molecule has 0 aliphatic carbocycles. The molecule has 1 N–H and O–H groups in total. The minimum absolute atomic E-state index is 0.324. The van der Waals surface area contributed by atoms with Gasteiger partial charge in [0.05, 0.1) is 0 Å². The Bertz CT molecular complexity index is 1020. The van der Waals surface area contributed by atoms with Gasteiger partial charge in [0.2, 0.25) is 11.8 Å². The maximum atomic E-state index is 13.3. The van der Waals surface area contributed by atoms with E-state index in [1.165, 1.54) is 24.3 Å². The topological polar surface area (TPSA) is 51.0 Å². The number of rotatable bonds is 5. The van der Waals surface area contributed by atoms with E-state index in [0.29, 0.717) is 17.5 Å². The summed E-state index contributed by atoms with van der Waals surface area (Å²) in [5.41, 5.74) is 2.21. The zero-order valence-electron chi connectivity index (χ0n) is 14.1. The highest BCUT2D eigenvalue weighted by Gasteiger charge is 2.21. The van der Waals surface area contributed by atoms with Crippen LogP contribution in [0.15, 0.2) is 83.3 Å². The molecule has 1 heterocycles. The van der Waals surface area contributed by atoms with Crippen molar-refractivity contribution in [3.05, 3.63) is 102 Å². The fourth-order valence-corrected chi connectivity index (χ4v) is 2.70. The molecule has 4 rings (SSSR count). The van der Waals surface area contributed by atoms with Gasteiger partial charge in [0.1, 0.15) is 17.7 Å². The zero-order valence-corrected chi connectivity index (χ0v) is 14.1. The van der Waals surface area contributed by atoms with Crippen LogP contribution in [0, 0.1) is 11.6 Å². The van der Waals surface area contributed by atoms with E-state index < -0.39 is 6.04 Å². The highest BCUT2D eigenvalue weighted by atomic mass is 19.1. The van der Waals surface area contributed by atoms with Crippen molar-refractivity contribution < 1.29 is 13.2 Å². The number of hydrogen-bond donors (Lipinski definition) is 1. The third-order valence-electron chi connectivity index (χ3n) is 4.07. The van der Waals surface area contributed by atoms with Crippen molar-refractivity contribution in [1.82, 2.24) is 10.2 Å². The SMILES string of the molecule is Fc1ccc(N[C@@H](c2ccc(F)cc2)c2nnc(-c3ccccc3)o2)cc1. The van der Waals surface area contributed by atoms with Crippen molar-refractivity contribution in [3.63, 3.8) is 0 Å². The molecule has 0 fully saturated rings. The first-order chi connectivity index (χ1) is 13.2. The largest absolute Gasteiger partial charge is 0.418 e. The van der Waals surface area contributed by atoms with Gasteiger partial charge in [-0.15, -0.1) is 10.2 Å². The van der Waals surface area contributed by atoms with E-state index in [9.17, 15) is 8.78 Å². The molecule has 134 valence electrons. The Morgan fingerprint density at radius 1 is 0.741 bits per heavy atom. The number of benzene rings is 3. The quantitative estimate of drug-likeness (QED) is 0.528. The number of nitrogens with zero attached hydrogens (tertiary/aromatic N) is 2. The monoisotopic (exact) mass is 363 g/mol. The molecule has 0 saturated heterocycles. The van der Waals surface area contributed by atoms with Crippen molar-refractivity contribution in [1.29, 1.82) is 0 Å². The summed E-state index contributed by atoms with van der Waals surface area (Å²) >= 11 is 0. The molecule has 3 aromatic carbocycles. The summed E-state index contributed by atoms with van der Waals surface area (Å²) in [4.78, 5) is 0. The van der Waals surface area contributed by atoms with Gasteiger partial charge in [0, 0.05) is 11.3 Å². The van der Waals surface area contributed by atoms with Crippen LogP contribution in [-0.4, -0.2) is 10.2 Å². The maximum absolute atomic E-state index is 13.3. The lowest BCUT2D eigenvalue weighted by molar-refractivity contribution is 0.493.